The molecule has 1 aromatic rings. The van der Waals surface area contributed by atoms with Crippen LogP contribution in [-0.2, 0) is 11.3 Å². The molecule has 0 saturated carbocycles. The number of halogens is 3. The van der Waals surface area contributed by atoms with Crippen LogP contribution in [0.3, 0.4) is 0 Å². The highest BCUT2D eigenvalue weighted by atomic mass is 127. The van der Waals surface area contributed by atoms with Gasteiger partial charge in [-0.25, -0.2) is 13.6 Å². The van der Waals surface area contributed by atoms with Gasteiger partial charge in [0.15, 0.2) is 0 Å². The molecule has 2 N–H and O–H groups in total. The van der Waals surface area contributed by atoms with E-state index in [1.54, 1.807) is 22.6 Å². The molecule has 0 aliphatic carbocycles. The number of ether oxygens (including phenoxy) is 1. The fourth-order valence-electron chi connectivity index (χ4n) is 1.18. The number of methoxy groups -OCH3 is 1. The van der Waals surface area contributed by atoms with Crippen molar-refractivity contribution in [2.45, 2.75) is 13.0 Å². The molecule has 1 rings (SSSR count). The number of carbonyl (C=O) groups excluding carboxylic acids is 1. The molecule has 4 nitrogen and oxygen atoms in total. The Labute approximate surface area is 104 Å². The summed E-state index contributed by atoms with van der Waals surface area (Å²) in [4.78, 5) is 14.9. The molecule has 0 radical (unpaired) electrons. The van der Waals surface area contributed by atoms with Crippen LogP contribution in [0.2, 0.25) is 0 Å². The van der Waals surface area contributed by atoms with E-state index in [9.17, 15) is 13.6 Å². The lowest BCUT2D eigenvalue weighted by molar-refractivity contribution is 0.0598. The lowest BCUT2D eigenvalue weighted by Crippen LogP contribution is -2.14. The van der Waals surface area contributed by atoms with Gasteiger partial charge in [-0.05, 0) is 28.2 Å². The maximum Gasteiger partial charge on any atom is 0.339 e. The number of esters is 1. The molecule has 0 aromatic carbocycles. The highest BCUT2D eigenvalue weighted by Crippen LogP contribution is 2.26. The Morgan fingerprint density at radius 2 is 2.31 bits per heavy atom. The van der Waals surface area contributed by atoms with Crippen LogP contribution >= 0.6 is 22.6 Å². The Balaban J connectivity index is 3.35. The predicted molar refractivity (Wildman–Crippen MR) is 61.1 cm³/mol. The number of carbonyl (C=O) groups is 1. The normalized spacial score (nSPS) is 10.6. The molecule has 16 heavy (non-hydrogen) atoms. The second-order valence-corrected chi connectivity index (χ2v) is 3.92. The molecule has 1 aromatic heterocycles. The Bertz CT molecular complexity index is 413. The third-order valence-electron chi connectivity index (χ3n) is 1.96. The Morgan fingerprint density at radius 1 is 1.69 bits per heavy atom. The largest absolute Gasteiger partial charge is 0.465 e. The molecule has 0 aliphatic heterocycles. The quantitative estimate of drug-likeness (QED) is 0.673. The van der Waals surface area contributed by atoms with Crippen LogP contribution in [0.25, 0.3) is 0 Å². The Kier molecular flexibility index (Phi) is 4.54. The van der Waals surface area contributed by atoms with Crippen molar-refractivity contribution >= 4 is 28.6 Å². The summed E-state index contributed by atoms with van der Waals surface area (Å²) < 4.78 is 29.8. The predicted octanol–water partition coefficient (Wildman–Crippen LogP) is 1.87. The zero-order chi connectivity index (χ0) is 12.3. The minimum atomic E-state index is -2.69. The van der Waals surface area contributed by atoms with Crippen LogP contribution in [0.4, 0.5) is 8.78 Å². The van der Waals surface area contributed by atoms with Gasteiger partial charge in [0.25, 0.3) is 6.43 Å². The fourth-order valence-corrected chi connectivity index (χ4v) is 2.06. The summed E-state index contributed by atoms with van der Waals surface area (Å²) in [6.07, 6.45) is -1.62. The van der Waals surface area contributed by atoms with E-state index in [-0.39, 0.29) is 21.4 Å². The van der Waals surface area contributed by atoms with Gasteiger partial charge in [0, 0.05) is 16.3 Å². The van der Waals surface area contributed by atoms with Crippen LogP contribution in [0, 0.1) is 3.57 Å². The maximum absolute atomic E-state index is 12.5. The number of hydrogen-bond acceptors (Lipinski definition) is 4. The summed E-state index contributed by atoms with van der Waals surface area (Å²) in [6, 6.07) is 0. The van der Waals surface area contributed by atoms with E-state index in [1.165, 1.54) is 7.11 Å². The minimum Gasteiger partial charge on any atom is -0.465 e. The van der Waals surface area contributed by atoms with E-state index in [0.717, 1.165) is 6.20 Å². The number of rotatable bonds is 3. The number of alkyl halides is 2. The summed E-state index contributed by atoms with van der Waals surface area (Å²) in [5.41, 5.74) is 5.52. The van der Waals surface area contributed by atoms with Crippen molar-refractivity contribution in [1.82, 2.24) is 4.98 Å². The van der Waals surface area contributed by atoms with E-state index in [2.05, 4.69) is 9.72 Å². The first kappa shape index (κ1) is 13.2. The van der Waals surface area contributed by atoms with Crippen molar-refractivity contribution in [3.8, 4) is 0 Å². The number of nitrogens with zero attached hydrogens (tertiary/aromatic N) is 1. The summed E-state index contributed by atoms with van der Waals surface area (Å²) in [7, 11) is 1.20. The first-order chi connectivity index (χ1) is 7.52. The highest BCUT2D eigenvalue weighted by Gasteiger charge is 2.21. The average Bonchev–Trinajstić information content (AvgIpc) is 2.26. The average molecular weight is 342 g/mol. The minimum absolute atomic E-state index is 0.0229. The molecule has 0 spiro atoms. The van der Waals surface area contributed by atoms with E-state index in [4.69, 9.17) is 5.73 Å². The first-order valence-electron chi connectivity index (χ1n) is 4.26. The number of pyridine rings is 1. The van der Waals surface area contributed by atoms with Gasteiger partial charge in [-0.2, -0.15) is 0 Å². The van der Waals surface area contributed by atoms with Gasteiger partial charge in [-0.3, -0.25) is 4.98 Å². The second kappa shape index (κ2) is 5.48. The monoisotopic (exact) mass is 342 g/mol. The molecule has 0 aliphatic rings. The first-order valence-corrected chi connectivity index (χ1v) is 5.34. The zero-order valence-corrected chi connectivity index (χ0v) is 10.5. The van der Waals surface area contributed by atoms with Crippen molar-refractivity contribution in [3.63, 3.8) is 0 Å². The van der Waals surface area contributed by atoms with Gasteiger partial charge < -0.3 is 10.5 Å². The topological polar surface area (TPSA) is 65.2 Å². The third-order valence-corrected chi connectivity index (χ3v) is 3.17. The maximum atomic E-state index is 12.5. The van der Waals surface area contributed by atoms with Crippen molar-refractivity contribution in [2.24, 2.45) is 5.73 Å². The van der Waals surface area contributed by atoms with Gasteiger partial charge in [-0.1, -0.05) is 0 Å². The third kappa shape index (κ3) is 2.46. The van der Waals surface area contributed by atoms with Crippen molar-refractivity contribution in [2.75, 3.05) is 7.11 Å². The van der Waals surface area contributed by atoms with Gasteiger partial charge in [0.05, 0.1) is 12.7 Å². The van der Waals surface area contributed by atoms with Crippen molar-refractivity contribution in [3.05, 3.63) is 26.6 Å². The molecule has 0 fully saturated rings. The summed E-state index contributed by atoms with van der Waals surface area (Å²) in [6.45, 7) is -0.0229. The van der Waals surface area contributed by atoms with Crippen LogP contribution in [0.1, 0.15) is 28.0 Å². The SMILES string of the molecule is COC(=O)c1cnc(C(F)F)c(I)c1CN. The molecule has 0 amide bonds. The molecule has 1 heterocycles. The second-order valence-electron chi connectivity index (χ2n) is 2.85. The molecular weight excluding hydrogens is 333 g/mol. The Hall–Kier alpha value is -0.830. The van der Waals surface area contributed by atoms with Crippen LogP contribution < -0.4 is 5.73 Å². The summed E-state index contributed by atoms with van der Waals surface area (Å²) >= 11 is 1.70. The standard InChI is InChI=1S/C9H9F2IN2O2/c1-16-9(15)5-3-14-7(8(10)11)6(12)4(5)2-13/h3,8H,2,13H2,1H3. The molecule has 0 unspecified atom stereocenters. The molecular formula is C9H9F2IN2O2. The zero-order valence-electron chi connectivity index (χ0n) is 8.34. The molecule has 7 heteroatoms. The van der Waals surface area contributed by atoms with E-state index >= 15 is 0 Å². The summed E-state index contributed by atoms with van der Waals surface area (Å²) in [5, 5.41) is 0. The van der Waals surface area contributed by atoms with Crippen molar-refractivity contribution in [1.29, 1.82) is 0 Å². The summed E-state index contributed by atoms with van der Waals surface area (Å²) in [5.74, 6) is -0.633. The van der Waals surface area contributed by atoms with Crippen LogP contribution in [-0.4, -0.2) is 18.1 Å². The van der Waals surface area contributed by atoms with E-state index < -0.39 is 12.4 Å². The molecule has 88 valence electrons. The van der Waals surface area contributed by atoms with Gasteiger partial charge >= 0.3 is 5.97 Å². The number of nitrogens with two attached hydrogens (primary N) is 1. The van der Waals surface area contributed by atoms with Gasteiger partial charge in [0.2, 0.25) is 0 Å². The van der Waals surface area contributed by atoms with E-state index in [0.29, 0.717) is 5.56 Å². The Morgan fingerprint density at radius 3 is 2.75 bits per heavy atom. The van der Waals surface area contributed by atoms with Gasteiger partial charge in [-0.15, -0.1) is 0 Å². The molecule has 0 atom stereocenters. The van der Waals surface area contributed by atoms with E-state index in [1.807, 2.05) is 0 Å². The van der Waals surface area contributed by atoms with Gasteiger partial charge in [0.1, 0.15) is 5.69 Å². The number of aromatic nitrogens is 1. The smallest absolute Gasteiger partial charge is 0.339 e. The fraction of sp³-hybridized carbons (Fsp3) is 0.333. The molecule has 0 bridgehead atoms. The lowest BCUT2D eigenvalue weighted by Gasteiger charge is -2.11. The lowest BCUT2D eigenvalue weighted by atomic mass is 10.1. The van der Waals surface area contributed by atoms with Crippen molar-refractivity contribution < 1.29 is 18.3 Å². The van der Waals surface area contributed by atoms with Crippen LogP contribution in [0.5, 0.6) is 0 Å². The highest BCUT2D eigenvalue weighted by molar-refractivity contribution is 14.1. The van der Waals surface area contributed by atoms with Crippen LogP contribution in [0.15, 0.2) is 6.20 Å². The molecule has 0 saturated heterocycles. The number of hydrogen-bond donors (Lipinski definition) is 1.